The van der Waals surface area contributed by atoms with Gasteiger partial charge in [0.1, 0.15) is 0 Å². The lowest BCUT2D eigenvalue weighted by molar-refractivity contribution is 0.0936. The van der Waals surface area contributed by atoms with Crippen molar-refractivity contribution in [3.8, 4) is 11.5 Å². The lowest BCUT2D eigenvalue weighted by atomic mass is 10.1. The van der Waals surface area contributed by atoms with Gasteiger partial charge in [-0.15, -0.1) is 0 Å². The number of ketones is 1. The number of aromatic hydroxyl groups is 2. The van der Waals surface area contributed by atoms with Gasteiger partial charge in [0, 0.05) is 19.2 Å². The highest BCUT2D eigenvalue weighted by Crippen LogP contribution is 2.25. The van der Waals surface area contributed by atoms with Crippen molar-refractivity contribution >= 4 is 5.78 Å². The third kappa shape index (κ3) is 3.45. The summed E-state index contributed by atoms with van der Waals surface area (Å²) in [6.45, 7) is 2.82. The smallest absolute Gasteiger partial charge is 0.176 e. The number of methoxy groups -OCH3 is 1. The minimum absolute atomic E-state index is 0.0478. The van der Waals surface area contributed by atoms with Crippen LogP contribution < -0.4 is 0 Å². The predicted octanol–water partition coefficient (Wildman–Crippen LogP) is 1.25. The van der Waals surface area contributed by atoms with Gasteiger partial charge in [-0.25, -0.2) is 0 Å². The van der Waals surface area contributed by atoms with Crippen LogP contribution in [0.1, 0.15) is 16.8 Å². The zero-order valence-corrected chi connectivity index (χ0v) is 11.0. The summed E-state index contributed by atoms with van der Waals surface area (Å²) in [5.74, 6) is -0.0261. The lowest BCUT2D eigenvalue weighted by Gasteiger charge is -2.15. The second kappa shape index (κ2) is 6.04. The maximum Gasteiger partial charge on any atom is 0.176 e. The summed E-state index contributed by atoms with van der Waals surface area (Å²) in [6.07, 6.45) is 1.04. The van der Waals surface area contributed by atoms with Crippen molar-refractivity contribution in [1.29, 1.82) is 0 Å². The van der Waals surface area contributed by atoms with Gasteiger partial charge in [0.05, 0.1) is 13.2 Å². The summed E-state index contributed by atoms with van der Waals surface area (Å²) in [5, 5.41) is 18.6. The summed E-state index contributed by atoms with van der Waals surface area (Å²) in [7, 11) is 1.69. The summed E-state index contributed by atoms with van der Waals surface area (Å²) in [4.78, 5) is 14.2. The van der Waals surface area contributed by atoms with E-state index in [1.165, 1.54) is 18.2 Å². The minimum Gasteiger partial charge on any atom is -0.504 e. The molecule has 1 unspecified atom stereocenters. The molecule has 1 aromatic rings. The van der Waals surface area contributed by atoms with E-state index in [0.717, 1.165) is 26.1 Å². The minimum atomic E-state index is -0.260. The van der Waals surface area contributed by atoms with Crippen LogP contribution in [0.4, 0.5) is 0 Å². The molecule has 5 heteroatoms. The van der Waals surface area contributed by atoms with Crippen LogP contribution in [0.5, 0.6) is 11.5 Å². The van der Waals surface area contributed by atoms with Gasteiger partial charge in [-0.05, 0) is 37.1 Å². The molecule has 0 amide bonds. The quantitative estimate of drug-likeness (QED) is 0.619. The zero-order valence-electron chi connectivity index (χ0n) is 11.0. The van der Waals surface area contributed by atoms with Crippen molar-refractivity contribution < 1.29 is 19.7 Å². The highest BCUT2D eigenvalue weighted by atomic mass is 16.5. The van der Waals surface area contributed by atoms with Gasteiger partial charge in [-0.1, -0.05) is 0 Å². The molecule has 1 heterocycles. The normalized spacial score (nSPS) is 19.7. The van der Waals surface area contributed by atoms with Crippen LogP contribution in [0.15, 0.2) is 18.2 Å². The average Bonchev–Trinajstić information content (AvgIpc) is 2.80. The molecule has 0 aliphatic carbocycles. The number of nitrogens with zero attached hydrogens (tertiary/aromatic N) is 1. The van der Waals surface area contributed by atoms with Crippen LogP contribution in [0.3, 0.4) is 0 Å². The monoisotopic (exact) mass is 265 g/mol. The number of phenols is 2. The van der Waals surface area contributed by atoms with Crippen molar-refractivity contribution in [2.24, 2.45) is 5.92 Å². The number of carbonyl (C=O) groups is 1. The van der Waals surface area contributed by atoms with Gasteiger partial charge in [-0.2, -0.15) is 0 Å². The van der Waals surface area contributed by atoms with Crippen molar-refractivity contribution in [3.63, 3.8) is 0 Å². The van der Waals surface area contributed by atoms with E-state index in [-0.39, 0.29) is 17.3 Å². The van der Waals surface area contributed by atoms with Crippen molar-refractivity contribution in [2.45, 2.75) is 6.42 Å². The van der Waals surface area contributed by atoms with E-state index < -0.39 is 0 Å². The number of phenolic OH excluding ortho intramolecular Hbond substituents is 2. The summed E-state index contributed by atoms with van der Waals surface area (Å²) < 4.78 is 5.12. The number of carbonyl (C=O) groups excluding carboxylic acids is 1. The Hall–Kier alpha value is -1.59. The topological polar surface area (TPSA) is 70.0 Å². The maximum absolute atomic E-state index is 12.1. The first kappa shape index (κ1) is 13.8. The van der Waals surface area contributed by atoms with Gasteiger partial charge in [0.2, 0.25) is 0 Å². The number of hydrogen-bond donors (Lipinski definition) is 2. The molecule has 0 saturated carbocycles. The van der Waals surface area contributed by atoms with Crippen LogP contribution in [-0.4, -0.2) is 54.2 Å². The molecule has 1 aromatic carbocycles. The van der Waals surface area contributed by atoms with Crippen LogP contribution in [0.2, 0.25) is 0 Å². The number of rotatable bonds is 5. The summed E-state index contributed by atoms with van der Waals surface area (Å²) >= 11 is 0. The third-order valence-corrected chi connectivity index (χ3v) is 3.44. The third-order valence-electron chi connectivity index (χ3n) is 3.44. The Kier molecular flexibility index (Phi) is 4.39. The molecular formula is C14H19NO4. The Balaban J connectivity index is 1.92. The largest absolute Gasteiger partial charge is 0.504 e. The number of benzene rings is 1. The second-order valence-electron chi connectivity index (χ2n) is 4.97. The molecule has 104 valence electrons. The molecule has 1 atom stereocenters. The van der Waals surface area contributed by atoms with Gasteiger partial charge >= 0.3 is 0 Å². The molecule has 5 nitrogen and oxygen atoms in total. The Morgan fingerprint density at radius 2 is 2.21 bits per heavy atom. The van der Waals surface area contributed by atoms with Crippen molar-refractivity contribution in [1.82, 2.24) is 4.90 Å². The SMILES string of the molecule is COCC1CCN(CC(=O)c2ccc(O)c(O)c2)C1. The van der Waals surface area contributed by atoms with Gasteiger partial charge in [-0.3, -0.25) is 9.69 Å². The number of likely N-dealkylation sites (tertiary alicyclic amines) is 1. The van der Waals surface area contributed by atoms with Crippen LogP contribution >= 0.6 is 0 Å². The van der Waals surface area contributed by atoms with E-state index in [1.807, 2.05) is 0 Å². The first-order valence-corrected chi connectivity index (χ1v) is 6.36. The fourth-order valence-electron chi connectivity index (χ4n) is 2.42. The number of hydrogen-bond acceptors (Lipinski definition) is 5. The molecule has 1 aliphatic heterocycles. The summed E-state index contributed by atoms with van der Waals surface area (Å²) in [6, 6.07) is 4.17. The Labute approximate surface area is 112 Å². The van der Waals surface area contributed by atoms with Crippen LogP contribution in [0, 0.1) is 5.92 Å². The zero-order chi connectivity index (χ0) is 13.8. The maximum atomic E-state index is 12.1. The van der Waals surface area contributed by atoms with Crippen LogP contribution in [0.25, 0.3) is 0 Å². The fourth-order valence-corrected chi connectivity index (χ4v) is 2.42. The van der Waals surface area contributed by atoms with Gasteiger partial charge in [0.25, 0.3) is 0 Å². The van der Waals surface area contributed by atoms with E-state index in [0.29, 0.717) is 18.0 Å². The Morgan fingerprint density at radius 3 is 2.89 bits per heavy atom. The first-order chi connectivity index (χ1) is 9.10. The molecule has 1 fully saturated rings. The van der Waals surface area contributed by atoms with Crippen LogP contribution in [-0.2, 0) is 4.74 Å². The molecule has 2 N–H and O–H groups in total. The fraction of sp³-hybridized carbons (Fsp3) is 0.500. The molecule has 0 radical (unpaired) electrons. The van der Waals surface area contributed by atoms with E-state index in [9.17, 15) is 15.0 Å². The standard InChI is InChI=1S/C14H19NO4/c1-19-9-10-4-5-15(7-10)8-14(18)11-2-3-12(16)13(17)6-11/h2-3,6,10,16-17H,4-5,7-9H2,1H3. The molecular weight excluding hydrogens is 246 g/mol. The van der Waals surface area contributed by atoms with Gasteiger partial charge < -0.3 is 14.9 Å². The van der Waals surface area contributed by atoms with E-state index in [4.69, 9.17) is 4.74 Å². The number of Topliss-reactive ketones (excluding diaryl/α,β-unsaturated/α-hetero) is 1. The molecule has 19 heavy (non-hydrogen) atoms. The highest BCUT2D eigenvalue weighted by molar-refractivity contribution is 5.98. The van der Waals surface area contributed by atoms with E-state index in [1.54, 1.807) is 7.11 Å². The molecule has 1 aliphatic rings. The highest BCUT2D eigenvalue weighted by Gasteiger charge is 2.24. The predicted molar refractivity (Wildman–Crippen MR) is 70.5 cm³/mol. The molecule has 1 saturated heterocycles. The van der Waals surface area contributed by atoms with E-state index in [2.05, 4.69) is 4.90 Å². The molecule has 0 bridgehead atoms. The van der Waals surface area contributed by atoms with Crippen molar-refractivity contribution in [3.05, 3.63) is 23.8 Å². The second-order valence-corrected chi connectivity index (χ2v) is 4.97. The molecule has 2 rings (SSSR count). The average molecular weight is 265 g/mol. The Bertz CT molecular complexity index is 461. The van der Waals surface area contributed by atoms with Crippen molar-refractivity contribution in [2.75, 3.05) is 33.4 Å². The molecule has 0 spiro atoms. The molecule has 0 aromatic heterocycles. The number of ether oxygens (including phenoxy) is 1. The lowest BCUT2D eigenvalue weighted by Crippen LogP contribution is -2.28. The van der Waals surface area contributed by atoms with Gasteiger partial charge in [0.15, 0.2) is 17.3 Å². The Morgan fingerprint density at radius 1 is 1.42 bits per heavy atom. The first-order valence-electron chi connectivity index (χ1n) is 6.36. The van der Waals surface area contributed by atoms with E-state index >= 15 is 0 Å². The summed E-state index contributed by atoms with van der Waals surface area (Å²) in [5.41, 5.74) is 0.422.